The van der Waals surface area contributed by atoms with Gasteiger partial charge in [-0.15, -0.1) is 0 Å². The first-order valence-corrected chi connectivity index (χ1v) is 4.64. The highest BCUT2D eigenvalue weighted by Gasteiger charge is 2.33. The lowest BCUT2D eigenvalue weighted by atomic mass is 10.2. The summed E-state index contributed by atoms with van der Waals surface area (Å²) in [7, 11) is 1.48. The van der Waals surface area contributed by atoms with Crippen LogP contribution in [-0.4, -0.2) is 22.3 Å². The summed E-state index contributed by atoms with van der Waals surface area (Å²) in [6.07, 6.45) is -3.02. The van der Waals surface area contributed by atoms with Crippen molar-refractivity contribution in [3.8, 4) is 17.1 Å². The van der Waals surface area contributed by atoms with E-state index in [1.807, 2.05) is 5.10 Å². The van der Waals surface area contributed by atoms with Crippen molar-refractivity contribution in [2.45, 2.75) is 6.18 Å². The van der Waals surface area contributed by atoms with Crippen molar-refractivity contribution < 1.29 is 17.9 Å². The SMILES string of the molecule is COc1ccc(-c2cc(C(F)(F)F)[nH]n2)nc1. The van der Waals surface area contributed by atoms with Gasteiger partial charge in [0.1, 0.15) is 17.1 Å². The van der Waals surface area contributed by atoms with Gasteiger partial charge >= 0.3 is 6.18 Å². The molecule has 0 spiro atoms. The number of alkyl halides is 3. The lowest BCUT2D eigenvalue weighted by Gasteiger charge is -2.00. The first kappa shape index (κ1) is 11.4. The Balaban J connectivity index is 2.30. The van der Waals surface area contributed by atoms with Crippen LogP contribution in [0.2, 0.25) is 0 Å². The van der Waals surface area contributed by atoms with Crippen molar-refractivity contribution in [3.05, 3.63) is 30.1 Å². The van der Waals surface area contributed by atoms with E-state index in [-0.39, 0.29) is 5.69 Å². The van der Waals surface area contributed by atoms with Crippen LogP contribution in [0.5, 0.6) is 5.75 Å². The molecule has 0 fully saturated rings. The van der Waals surface area contributed by atoms with Crippen LogP contribution in [0.1, 0.15) is 5.69 Å². The van der Waals surface area contributed by atoms with Gasteiger partial charge in [-0.3, -0.25) is 10.1 Å². The average Bonchev–Trinajstić information content (AvgIpc) is 2.78. The molecule has 2 rings (SSSR count). The Morgan fingerprint density at radius 1 is 1.24 bits per heavy atom. The number of hydrogen-bond donors (Lipinski definition) is 1. The van der Waals surface area contributed by atoms with Crippen LogP contribution in [0.15, 0.2) is 24.4 Å². The van der Waals surface area contributed by atoms with Crippen LogP contribution in [0.25, 0.3) is 11.4 Å². The molecule has 0 unspecified atom stereocenters. The fourth-order valence-electron chi connectivity index (χ4n) is 1.25. The molecule has 0 radical (unpaired) electrons. The van der Waals surface area contributed by atoms with Gasteiger partial charge in [-0.05, 0) is 18.2 Å². The molecule has 2 aromatic rings. The molecule has 0 saturated carbocycles. The van der Waals surface area contributed by atoms with E-state index in [2.05, 4.69) is 10.1 Å². The van der Waals surface area contributed by atoms with Crippen molar-refractivity contribution in [2.75, 3.05) is 7.11 Å². The fraction of sp³-hybridized carbons (Fsp3) is 0.200. The Morgan fingerprint density at radius 3 is 2.47 bits per heavy atom. The number of methoxy groups -OCH3 is 1. The van der Waals surface area contributed by atoms with Crippen molar-refractivity contribution in [3.63, 3.8) is 0 Å². The average molecular weight is 243 g/mol. The molecule has 0 amide bonds. The molecule has 90 valence electrons. The van der Waals surface area contributed by atoms with Gasteiger partial charge in [-0.1, -0.05) is 0 Å². The molecule has 17 heavy (non-hydrogen) atoms. The van der Waals surface area contributed by atoms with E-state index in [1.165, 1.54) is 19.4 Å². The Hall–Kier alpha value is -2.05. The zero-order valence-electron chi connectivity index (χ0n) is 8.75. The topological polar surface area (TPSA) is 50.8 Å². The van der Waals surface area contributed by atoms with E-state index in [0.717, 1.165) is 6.07 Å². The number of halogens is 3. The van der Waals surface area contributed by atoms with Crippen LogP contribution in [0.4, 0.5) is 13.2 Å². The molecule has 0 saturated heterocycles. The van der Waals surface area contributed by atoms with Crippen molar-refractivity contribution in [1.29, 1.82) is 0 Å². The number of hydrogen-bond acceptors (Lipinski definition) is 3. The van der Waals surface area contributed by atoms with Gasteiger partial charge in [0, 0.05) is 0 Å². The Kier molecular flexibility index (Phi) is 2.74. The van der Waals surface area contributed by atoms with Crippen LogP contribution < -0.4 is 4.74 Å². The van der Waals surface area contributed by atoms with Crippen LogP contribution in [-0.2, 0) is 6.18 Å². The van der Waals surface area contributed by atoms with Crippen molar-refractivity contribution in [1.82, 2.24) is 15.2 Å². The third kappa shape index (κ3) is 2.38. The smallest absolute Gasteiger partial charge is 0.432 e. The Labute approximate surface area is 94.4 Å². The van der Waals surface area contributed by atoms with Gasteiger partial charge in [0.05, 0.1) is 19.0 Å². The number of H-pyrrole nitrogens is 1. The molecule has 1 N–H and O–H groups in total. The van der Waals surface area contributed by atoms with E-state index < -0.39 is 11.9 Å². The van der Waals surface area contributed by atoms with Gasteiger partial charge < -0.3 is 4.74 Å². The summed E-state index contributed by atoms with van der Waals surface area (Å²) in [6, 6.07) is 4.05. The van der Waals surface area contributed by atoms with Crippen LogP contribution in [0.3, 0.4) is 0 Å². The second-order valence-corrected chi connectivity index (χ2v) is 3.25. The zero-order valence-corrected chi connectivity index (χ0v) is 8.75. The second kappa shape index (κ2) is 4.08. The Morgan fingerprint density at radius 2 is 2.00 bits per heavy atom. The molecule has 0 aliphatic rings. The normalized spacial score (nSPS) is 11.5. The van der Waals surface area contributed by atoms with Crippen molar-refractivity contribution in [2.24, 2.45) is 0 Å². The largest absolute Gasteiger partial charge is 0.495 e. The van der Waals surface area contributed by atoms with Gasteiger partial charge in [0.25, 0.3) is 0 Å². The lowest BCUT2D eigenvalue weighted by molar-refractivity contribution is -0.141. The van der Waals surface area contributed by atoms with Gasteiger partial charge in [0.15, 0.2) is 0 Å². The first-order chi connectivity index (χ1) is 8.00. The highest BCUT2D eigenvalue weighted by molar-refractivity contribution is 5.54. The second-order valence-electron chi connectivity index (χ2n) is 3.25. The fourth-order valence-corrected chi connectivity index (χ4v) is 1.25. The molecule has 0 atom stereocenters. The zero-order chi connectivity index (χ0) is 12.5. The summed E-state index contributed by atoms with van der Waals surface area (Å²) in [4.78, 5) is 3.94. The highest BCUT2D eigenvalue weighted by Crippen LogP contribution is 2.29. The number of rotatable bonds is 2. The number of pyridine rings is 1. The van der Waals surface area contributed by atoms with E-state index in [4.69, 9.17) is 4.74 Å². The summed E-state index contributed by atoms with van der Waals surface area (Å²) in [5.74, 6) is 0.528. The minimum atomic E-state index is -4.43. The quantitative estimate of drug-likeness (QED) is 0.881. The van der Waals surface area contributed by atoms with Crippen molar-refractivity contribution >= 4 is 0 Å². The van der Waals surface area contributed by atoms with Crippen LogP contribution in [0, 0.1) is 0 Å². The molecule has 0 aliphatic heterocycles. The van der Waals surface area contributed by atoms with Gasteiger partial charge in [-0.2, -0.15) is 18.3 Å². The predicted molar refractivity (Wildman–Crippen MR) is 53.4 cm³/mol. The maximum Gasteiger partial charge on any atom is 0.432 e. The molecule has 4 nitrogen and oxygen atoms in total. The molecular formula is C10H8F3N3O. The summed E-state index contributed by atoms with van der Waals surface area (Å²) >= 11 is 0. The van der Waals surface area contributed by atoms with Gasteiger partial charge in [-0.25, -0.2) is 0 Å². The van der Waals surface area contributed by atoms with Crippen LogP contribution >= 0.6 is 0 Å². The number of aromatic nitrogens is 3. The third-order valence-corrected chi connectivity index (χ3v) is 2.12. The number of nitrogens with one attached hydrogen (secondary N) is 1. The summed E-state index contributed by atoms with van der Waals surface area (Å²) in [5.41, 5.74) is -0.414. The first-order valence-electron chi connectivity index (χ1n) is 4.64. The monoisotopic (exact) mass is 243 g/mol. The maximum atomic E-state index is 12.3. The highest BCUT2D eigenvalue weighted by atomic mass is 19.4. The molecule has 2 heterocycles. The predicted octanol–water partition coefficient (Wildman–Crippen LogP) is 2.50. The molecule has 0 bridgehead atoms. The van der Waals surface area contributed by atoms with Gasteiger partial charge in [0.2, 0.25) is 0 Å². The molecule has 2 aromatic heterocycles. The minimum Gasteiger partial charge on any atom is -0.495 e. The minimum absolute atomic E-state index is 0.139. The lowest BCUT2D eigenvalue weighted by Crippen LogP contribution is -2.04. The number of ether oxygens (including phenoxy) is 1. The van der Waals surface area contributed by atoms with E-state index in [1.54, 1.807) is 6.07 Å². The summed E-state index contributed by atoms with van der Waals surface area (Å²) < 4.78 is 41.9. The molecule has 0 aromatic carbocycles. The standard InChI is InChI=1S/C10H8F3N3O/c1-17-6-2-3-7(14-5-6)8-4-9(16-15-8)10(11,12)13/h2-5H,1H3,(H,15,16). The molecule has 0 aliphatic carbocycles. The Bertz CT molecular complexity index is 504. The molecule has 7 heteroatoms. The number of nitrogens with zero attached hydrogens (tertiary/aromatic N) is 2. The molecular weight excluding hydrogens is 235 g/mol. The van der Waals surface area contributed by atoms with E-state index >= 15 is 0 Å². The summed E-state index contributed by atoms with van der Waals surface area (Å²) in [6.45, 7) is 0. The third-order valence-electron chi connectivity index (χ3n) is 2.12. The number of aromatic amines is 1. The summed E-state index contributed by atoms with van der Waals surface area (Å²) in [5, 5.41) is 5.49. The van der Waals surface area contributed by atoms with E-state index in [0.29, 0.717) is 11.4 Å². The maximum absolute atomic E-state index is 12.3. The van der Waals surface area contributed by atoms with E-state index in [9.17, 15) is 13.2 Å².